The number of carbonyl (C=O) groups excluding carboxylic acids is 2. The molecule has 1 atom stereocenters. The van der Waals surface area contributed by atoms with Crippen LogP contribution in [0.25, 0.3) is 0 Å². The molecule has 0 aromatic heterocycles. The van der Waals surface area contributed by atoms with Crippen LogP contribution in [0, 0.1) is 0 Å². The number of unbranched alkanes of at least 4 members (excludes halogenated alkanes) is 14. The number of esters is 2. The smallest absolute Gasteiger partial charge is 1.00 e. The zero-order valence-corrected chi connectivity index (χ0v) is 21.4. The van der Waals surface area contributed by atoms with Crippen LogP contribution in [0.1, 0.15) is 125 Å². The van der Waals surface area contributed by atoms with Crippen LogP contribution < -0.4 is 5.73 Å². The van der Waals surface area contributed by atoms with Crippen molar-refractivity contribution in [2.75, 3.05) is 0 Å². The number of hydrogen-bond acceptors (Lipinski definition) is 5. The molecule has 0 amide bonds. The van der Waals surface area contributed by atoms with Gasteiger partial charge in [-0.25, -0.2) is 0 Å². The fraction of sp³-hybridized carbons (Fsp3) is 0.870. The molecule has 6 nitrogen and oxygen atoms in total. The van der Waals surface area contributed by atoms with Gasteiger partial charge in [0.1, 0.15) is 6.04 Å². The first kappa shape index (κ1) is 32.0. The Hall–Kier alpha value is -0.170. The maximum Gasteiger partial charge on any atom is 2.00 e. The number of rotatable bonds is 20. The van der Waals surface area contributed by atoms with Crippen molar-refractivity contribution in [2.24, 2.45) is 5.73 Å². The van der Waals surface area contributed by atoms with Crippen LogP contribution in [-0.2, 0) is 19.1 Å². The molecule has 0 aliphatic carbocycles. The van der Waals surface area contributed by atoms with E-state index in [1.807, 2.05) is 0 Å². The summed E-state index contributed by atoms with van der Waals surface area (Å²) >= 11 is 0. The number of nitrogens with two attached hydrogens (primary N) is 1. The molecule has 0 aliphatic rings. The molecule has 0 aromatic rings. The average molecular weight is 456 g/mol. The van der Waals surface area contributed by atoms with Crippen LogP contribution in [0.4, 0.5) is 0 Å². The predicted molar refractivity (Wildman–Crippen MR) is 123 cm³/mol. The van der Waals surface area contributed by atoms with Gasteiger partial charge in [-0.2, -0.15) is 0 Å². The van der Waals surface area contributed by atoms with Gasteiger partial charge in [0, 0.05) is 12.8 Å². The second-order valence-electron chi connectivity index (χ2n) is 8.03. The van der Waals surface area contributed by atoms with E-state index < -0.39 is 23.9 Å². The first-order valence-electron chi connectivity index (χ1n) is 11.7. The van der Waals surface area contributed by atoms with Crippen molar-refractivity contribution in [1.29, 1.82) is 0 Å². The van der Waals surface area contributed by atoms with Gasteiger partial charge >= 0.3 is 55.6 Å². The number of carboxylic acids is 1. The molecule has 7 heteroatoms. The van der Waals surface area contributed by atoms with E-state index in [4.69, 9.17) is 10.8 Å². The molecule has 0 radical (unpaired) electrons. The van der Waals surface area contributed by atoms with E-state index in [1.165, 1.54) is 77.0 Å². The maximum absolute atomic E-state index is 11.6. The maximum atomic E-state index is 11.6. The van der Waals surface area contributed by atoms with Gasteiger partial charge in [-0.3, -0.25) is 14.4 Å². The first-order chi connectivity index (χ1) is 14.0. The molecule has 0 heterocycles. The average Bonchev–Trinajstić information content (AvgIpc) is 2.68. The Morgan fingerprint density at radius 1 is 0.733 bits per heavy atom. The minimum Gasteiger partial charge on any atom is -1.00 e. The molecule has 0 spiro atoms. The van der Waals surface area contributed by atoms with Crippen molar-refractivity contribution < 1.29 is 27.1 Å². The Morgan fingerprint density at radius 3 is 1.50 bits per heavy atom. The summed E-state index contributed by atoms with van der Waals surface area (Å²) in [5.74, 6) is -2.40. The van der Waals surface area contributed by atoms with E-state index in [0.29, 0.717) is 0 Å². The summed E-state index contributed by atoms with van der Waals surface area (Å²) in [6.45, 7) is 2.25. The van der Waals surface area contributed by atoms with E-state index in [0.717, 1.165) is 19.3 Å². The summed E-state index contributed by atoms with van der Waals surface area (Å²) in [5, 5.41) is 8.63. The Labute approximate surface area is 216 Å². The SMILES string of the molecule is CCCCCCCCCCCCCCCCCC(=O)OC(=O)CC[C@H](N)C(=O)O.[Ca+2].[H-].[H-]. The molecule has 0 rings (SSSR count). The van der Waals surface area contributed by atoms with Gasteiger partial charge in [-0.1, -0.05) is 96.8 Å². The molecule has 174 valence electrons. The van der Waals surface area contributed by atoms with Gasteiger partial charge in [0.25, 0.3) is 0 Å². The second-order valence-corrected chi connectivity index (χ2v) is 8.03. The summed E-state index contributed by atoms with van der Waals surface area (Å²) < 4.78 is 4.67. The van der Waals surface area contributed by atoms with Crippen molar-refractivity contribution in [1.82, 2.24) is 0 Å². The molecule has 3 N–H and O–H groups in total. The van der Waals surface area contributed by atoms with Gasteiger partial charge in [0.05, 0.1) is 0 Å². The normalized spacial score (nSPS) is 11.5. The second kappa shape index (κ2) is 23.5. The molecular formula is C23H45CaNO5. The first-order valence-corrected chi connectivity index (χ1v) is 11.7. The fourth-order valence-corrected chi connectivity index (χ4v) is 3.27. The summed E-state index contributed by atoms with van der Waals surface area (Å²) in [5.41, 5.74) is 5.30. The molecule has 0 unspecified atom stereocenters. The minimum absolute atomic E-state index is 0. The molecule has 0 bridgehead atoms. The topological polar surface area (TPSA) is 107 Å². The predicted octanol–water partition coefficient (Wildman–Crippen LogP) is 5.35. The Balaban J connectivity index is -0.00000131. The van der Waals surface area contributed by atoms with Crippen molar-refractivity contribution in [3.05, 3.63) is 0 Å². The molecule has 0 saturated carbocycles. The summed E-state index contributed by atoms with van der Waals surface area (Å²) in [4.78, 5) is 33.6. The number of carboxylic acid groups (broad SMARTS) is 1. The minimum atomic E-state index is -1.16. The van der Waals surface area contributed by atoms with Gasteiger partial charge in [0.15, 0.2) is 0 Å². The Morgan fingerprint density at radius 2 is 1.10 bits per heavy atom. The van der Waals surface area contributed by atoms with Gasteiger partial charge in [-0.05, 0) is 12.8 Å². The van der Waals surface area contributed by atoms with Crippen LogP contribution in [0.2, 0.25) is 0 Å². The number of carbonyl (C=O) groups is 3. The monoisotopic (exact) mass is 455 g/mol. The third-order valence-corrected chi connectivity index (χ3v) is 5.19. The van der Waals surface area contributed by atoms with E-state index in [1.54, 1.807) is 0 Å². The zero-order chi connectivity index (χ0) is 21.7. The van der Waals surface area contributed by atoms with E-state index in [9.17, 15) is 14.4 Å². The van der Waals surface area contributed by atoms with E-state index in [2.05, 4.69) is 11.7 Å². The molecule has 0 fully saturated rings. The Kier molecular flexibility index (Phi) is 25.1. The van der Waals surface area contributed by atoms with Crippen LogP contribution in [0.15, 0.2) is 0 Å². The van der Waals surface area contributed by atoms with Crippen molar-refractivity contribution >= 4 is 55.6 Å². The van der Waals surface area contributed by atoms with Gasteiger partial charge < -0.3 is 18.4 Å². The summed E-state index contributed by atoms with van der Waals surface area (Å²) in [6.07, 6.45) is 18.9. The van der Waals surface area contributed by atoms with Gasteiger partial charge in [0.2, 0.25) is 0 Å². The summed E-state index contributed by atoms with van der Waals surface area (Å²) in [7, 11) is 0. The summed E-state index contributed by atoms with van der Waals surface area (Å²) in [6, 6.07) is -1.10. The third kappa shape index (κ3) is 22.5. The largest absolute Gasteiger partial charge is 2.00 e. The van der Waals surface area contributed by atoms with Crippen molar-refractivity contribution in [3.8, 4) is 0 Å². The van der Waals surface area contributed by atoms with Crippen LogP contribution in [0.3, 0.4) is 0 Å². The standard InChI is InChI=1S/C23H43NO5.Ca.2H/c1-2-3-4-5-6-7-8-9-10-11-12-13-14-15-16-17-21(25)29-22(26)19-18-20(24)23(27)28;;;/h20H,2-19,24H2,1H3,(H,27,28);;;/q;+2;2*-1/t20-;;;/m0.../s1. The van der Waals surface area contributed by atoms with E-state index in [-0.39, 0.29) is 59.9 Å². The molecule has 30 heavy (non-hydrogen) atoms. The number of hydrogen-bond donors (Lipinski definition) is 2. The zero-order valence-electron chi connectivity index (χ0n) is 21.2. The molecular weight excluding hydrogens is 410 g/mol. The van der Waals surface area contributed by atoms with Crippen LogP contribution in [-0.4, -0.2) is 66.8 Å². The van der Waals surface area contributed by atoms with Crippen LogP contribution >= 0.6 is 0 Å². The van der Waals surface area contributed by atoms with Crippen LogP contribution in [0.5, 0.6) is 0 Å². The number of aliphatic carboxylic acids is 1. The fourth-order valence-electron chi connectivity index (χ4n) is 3.27. The number of ether oxygens (including phenoxy) is 1. The molecule has 0 aliphatic heterocycles. The molecule has 0 aromatic carbocycles. The van der Waals surface area contributed by atoms with Gasteiger partial charge in [-0.15, -0.1) is 0 Å². The third-order valence-electron chi connectivity index (χ3n) is 5.19. The molecule has 0 saturated heterocycles. The van der Waals surface area contributed by atoms with Crippen molar-refractivity contribution in [2.45, 2.75) is 129 Å². The quantitative estimate of drug-likeness (QED) is 0.111. The van der Waals surface area contributed by atoms with E-state index >= 15 is 0 Å². The Bertz CT molecular complexity index is 456. The van der Waals surface area contributed by atoms with Crippen molar-refractivity contribution in [3.63, 3.8) is 0 Å².